The van der Waals surface area contributed by atoms with Gasteiger partial charge in [-0.15, -0.1) is 0 Å². The Balaban J connectivity index is 1.51. The monoisotopic (exact) mass is 547 g/mol. The number of anilines is 2. The summed E-state index contributed by atoms with van der Waals surface area (Å²) in [5.41, 5.74) is 4.17. The van der Waals surface area contributed by atoms with Crippen LogP contribution in [0.5, 0.6) is 0 Å². The third-order valence-electron chi connectivity index (χ3n) is 7.03. The number of halogens is 1. The number of amides is 2. The highest BCUT2D eigenvalue weighted by Gasteiger charge is 2.38. The lowest BCUT2D eigenvalue weighted by atomic mass is 9.89. The number of carbonyl (C=O) groups is 3. The number of rotatable bonds is 9. The smallest absolute Gasteiger partial charge is 0.305 e. The van der Waals surface area contributed by atoms with Crippen LogP contribution in [-0.4, -0.2) is 37.5 Å². The first kappa shape index (κ1) is 28.3. The summed E-state index contributed by atoms with van der Waals surface area (Å²) in [5, 5.41) is 3.92. The molecule has 1 aliphatic rings. The van der Waals surface area contributed by atoms with Gasteiger partial charge in [-0.3, -0.25) is 14.4 Å². The molecule has 0 spiro atoms. The Labute approximate surface area is 234 Å². The van der Waals surface area contributed by atoms with Crippen molar-refractivity contribution in [2.75, 3.05) is 23.5 Å². The van der Waals surface area contributed by atoms with E-state index in [2.05, 4.69) is 10.1 Å². The number of nitrogens with zero attached hydrogens (tertiary/aromatic N) is 2. The van der Waals surface area contributed by atoms with Crippen LogP contribution in [0.25, 0.3) is 0 Å². The molecule has 0 aliphatic carbocycles. The molecule has 3 aromatic rings. The molecular formula is C31H34ClN3O4. The molecule has 8 heteroatoms. The van der Waals surface area contributed by atoms with Crippen molar-refractivity contribution in [3.63, 3.8) is 0 Å². The number of fused-ring (bicyclic) bond motifs is 1. The molecular weight excluding hydrogens is 514 g/mol. The van der Waals surface area contributed by atoms with Crippen LogP contribution in [0, 0.1) is 0 Å². The molecule has 204 valence electrons. The van der Waals surface area contributed by atoms with Gasteiger partial charge in [-0.25, -0.2) is 0 Å². The van der Waals surface area contributed by atoms with Crippen LogP contribution < -0.4 is 15.1 Å². The Hall–Kier alpha value is -3.68. The van der Waals surface area contributed by atoms with Gasteiger partial charge in [0, 0.05) is 47.9 Å². The molecule has 0 bridgehead atoms. The number of para-hydroxylation sites is 1. The first-order valence-corrected chi connectivity index (χ1v) is 13.5. The van der Waals surface area contributed by atoms with Gasteiger partial charge >= 0.3 is 5.97 Å². The van der Waals surface area contributed by atoms with Crippen LogP contribution in [0.1, 0.15) is 60.6 Å². The van der Waals surface area contributed by atoms with E-state index in [0.717, 1.165) is 22.5 Å². The van der Waals surface area contributed by atoms with E-state index in [0.29, 0.717) is 42.9 Å². The molecule has 3 aromatic carbocycles. The lowest BCUT2D eigenvalue weighted by molar-refractivity contribution is -0.140. The fourth-order valence-corrected chi connectivity index (χ4v) is 5.24. The lowest BCUT2D eigenvalue weighted by Crippen LogP contribution is -2.47. The van der Waals surface area contributed by atoms with Crippen molar-refractivity contribution in [2.45, 2.75) is 51.7 Å². The fourth-order valence-electron chi connectivity index (χ4n) is 5.12. The topological polar surface area (TPSA) is 79.0 Å². The molecule has 39 heavy (non-hydrogen) atoms. The molecule has 4 rings (SSSR count). The standard InChI is InChI=1S/C31H34ClN3O4/c1-21-19-29(35(22(2)36)26-16-14-25(32)15-17-26)27-7-4-5-8-28(27)34(21)31(38)24-12-10-23(11-13-24)20-33-18-6-9-30(37)39-3/h4-5,7-8,10-17,21,29,33H,6,9,18-20H2,1-3H3. The zero-order valence-corrected chi connectivity index (χ0v) is 23.3. The van der Waals surface area contributed by atoms with Crippen molar-refractivity contribution < 1.29 is 19.1 Å². The number of esters is 1. The van der Waals surface area contributed by atoms with E-state index in [-0.39, 0.29) is 29.9 Å². The lowest BCUT2D eigenvalue weighted by Gasteiger charge is -2.43. The van der Waals surface area contributed by atoms with Gasteiger partial charge in [-0.05, 0) is 79.9 Å². The molecule has 7 nitrogen and oxygen atoms in total. The molecule has 2 amide bonds. The van der Waals surface area contributed by atoms with Crippen molar-refractivity contribution in [3.05, 3.63) is 94.5 Å². The highest BCUT2D eigenvalue weighted by molar-refractivity contribution is 6.30. The van der Waals surface area contributed by atoms with E-state index in [1.165, 1.54) is 7.11 Å². The summed E-state index contributed by atoms with van der Waals surface area (Å²) in [6.45, 7) is 4.93. The largest absolute Gasteiger partial charge is 0.469 e. The zero-order chi connectivity index (χ0) is 27.9. The second kappa shape index (κ2) is 12.9. The maximum absolute atomic E-state index is 13.8. The predicted octanol–water partition coefficient (Wildman–Crippen LogP) is 5.92. The molecule has 0 radical (unpaired) electrons. The van der Waals surface area contributed by atoms with Crippen LogP contribution in [0.3, 0.4) is 0 Å². The molecule has 0 aromatic heterocycles. The summed E-state index contributed by atoms with van der Waals surface area (Å²) in [4.78, 5) is 41.5. The number of methoxy groups -OCH3 is 1. The van der Waals surface area contributed by atoms with Crippen LogP contribution in [0.2, 0.25) is 5.02 Å². The number of carbonyl (C=O) groups excluding carboxylic acids is 3. The Bertz CT molecular complexity index is 1310. The van der Waals surface area contributed by atoms with E-state index in [1.54, 1.807) is 24.0 Å². The van der Waals surface area contributed by atoms with Crippen LogP contribution in [0.15, 0.2) is 72.8 Å². The minimum Gasteiger partial charge on any atom is -0.469 e. The van der Waals surface area contributed by atoms with E-state index in [9.17, 15) is 14.4 Å². The molecule has 0 saturated heterocycles. The quantitative estimate of drug-likeness (QED) is 0.266. The van der Waals surface area contributed by atoms with E-state index in [4.69, 9.17) is 11.6 Å². The van der Waals surface area contributed by atoms with Gasteiger partial charge in [0.2, 0.25) is 5.91 Å². The fraction of sp³-hybridized carbons (Fsp3) is 0.323. The second-order valence-electron chi connectivity index (χ2n) is 9.75. The molecule has 1 N–H and O–H groups in total. The summed E-state index contributed by atoms with van der Waals surface area (Å²) >= 11 is 6.09. The van der Waals surface area contributed by atoms with Gasteiger partial charge in [0.05, 0.1) is 13.2 Å². The Morgan fingerprint density at radius 1 is 1.03 bits per heavy atom. The van der Waals surface area contributed by atoms with Crippen molar-refractivity contribution in [1.82, 2.24) is 5.32 Å². The summed E-state index contributed by atoms with van der Waals surface area (Å²) in [6.07, 6.45) is 1.69. The van der Waals surface area contributed by atoms with Crippen LogP contribution in [0.4, 0.5) is 11.4 Å². The van der Waals surface area contributed by atoms with Crippen LogP contribution in [-0.2, 0) is 20.9 Å². The Morgan fingerprint density at radius 2 is 1.72 bits per heavy atom. The van der Waals surface area contributed by atoms with Crippen LogP contribution >= 0.6 is 11.6 Å². The van der Waals surface area contributed by atoms with E-state index in [1.807, 2.05) is 72.5 Å². The van der Waals surface area contributed by atoms with Gasteiger partial charge in [0.15, 0.2) is 0 Å². The number of benzene rings is 3. The molecule has 1 aliphatic heterocycles. The van der Waals surface area contributed by atoms with Gasteiger partial charge < -0.3 is 19.9 Å². The minimum absolute atomic E-state index is 0.0707. The molecule has 2 atom stereocenters. The summed E-state index contributed by atoms with van der Waals surface area (Å²) in [5.74, 6) is -0.357. The maximum atomic E-state index is 13.8. The molecule has 0 saturated carbocycles. The average molecular weight is 548 g/mol. The van der Waals surface area contributed by atoms with Gasteiger partial charge in [-0.1, -0.05) is 41.9 Å². The molecule has 2 unspecified atom stereocenters. The van der Waals surface area contributed by atoms with Gasteiger partial charge in [0.25, 0.3) is 5.91 Å². The Kier molecular flexibility index (Phi) is 9.38. The van der Waals surface area contributed by atoms with Crippen molar-refractivity contribution in [1.29, 1.82) is 0 Å². The molecule has 0 fully saturated rings. The van der Waals surface area contributed by atoms with Gasteiger partial charge in [-0.2, -0.15) is 0 Å². The first-order chi connectivity index (χ1) is 18.8. The Morgan fingerprint density at radius 3 is 2.38 bits per heavy atom. The highest BCUT2D eigenvalue weighted by Crippen LogP contribution is 2.42. The van der Waals surface area contributed by atoms with Gasteiger partial charge in [0.1, 0.15) is 0 Å². The highest BCUT2D eigenvalue weighted by atomic mass is 35.5. The maximum Gasteiger partial charge on any atom is 0.305 e. The summed E-state index contributed by atoms with van der Waals surface area (Å²) in [7, 11) is 1.39. The molecule has 1 heterocycles. The third-order valence-corrected chi connectivity index (χ3v) is 7.28. The normalized spacial score (nSPS) is 16.4. The zero-order valence-electron chi connectivity index (χ0n) is 22.5. The first-order valence-electron chi connectivity index (χ1n) is 13.1. The summed E-state index contributed by atoms with van der Waals surface area (Å²) < 4.78 is 4.66. The minimum atomic E-state index is -0.216. The number of hydrogen-bond acceptors (Lipinski definition) is 5. The van der Waals surface area contributed by atoms with Crippen molar-refractivity contribution in [2.24, 2.45) is 0 Å². The number of ether oxygens (including phenoxy) is 1. The predicted molar refractivity (Wildman–Crippen MR) is 154 cm³/mol. The SMILES string of the molecule is COC(=O)CCCNCc1ccc(C(=O)N2c3ccccc3C(N(C(C)=O)c3ccc(Cl)cc3)CC2C)cc1. The number of nitrogens with one attached hydrogen (secondary N) is 1. The number of hydrogen-bond donors (Lipinski definition) is 1. The average Bonchev–Trinajstić information content (AvgIpc) is 2.93. The third kappa shape index (κ3) is 6.67. The van der Waals surface area contributed by atoms with Crippen molar-refractivity contribution >= 4 is 40.8 Å². The van der Waals surface area contributed by atoms with E-state index >= 15 is 0 Å². The van der Waals surface area contributed by atoms with E-state index < -0.39 is 0 Å². The summed E-state index contributed by atoms with van der Waals surface area (Å²) in [6, 6.07) is 22.3. The van der Waals surface area contributed by atoms with Crippen molar-refractivity contribution in [3.8, 4) is 0 Å². The second-order valence-corrected chi connectivity index (χ2v) is 10.2.